The summed E-state index contributed by atoms with van der Waals surface area (Å²) >= 11 is 0. The Morgan fingerprint density at radius 3 is 2.65 bits per heavy atom. The predicted molar refractivity (Wildman–Crippen MR) is 86.5 cm³/mol. The molecule has 1 aromatic rings. The highest BCUT2D eigenvalue weighted by molar-refractivity contribution is 5.63. The van der Waals surface area contributed by atoms with Gasteiger partial charge in [0.1, 0.15) is 0 Å². The number of benzene rings is 1. The van der Waals surface area contributed by atoms with Crippen LogP contribution in [0.2, 0.25) is 0 Å². The van der Waals surface area contributed by atoms with Crippen molar-refractivity contribution in [1.82, 2.24) is 0 Å². The molecule has 2 aliphatic rings. The zero-order valence-electron chi connectivity index (χ0n) is 11.8. The van der Waals surface area contributed by atoms with Crippen molar-refractivity contribution in [2.45, 2.75) is 19.8 Å². The van der Waals surface area contributed by atoms with Crippen molar-refractivity contribution in [3.05, 3.63) is 89.8 Å². The number of hydrogen-bond acceptors (Lipinski definition) is 1. The summed E-state index contributed by atoms with van der Waals surface area (Å²) in [4.78, 5) is 2.25. The lowest BCUT2D eigenvalue weighted by Crippen LogP contribution is -2.18. The first-order chi connectivity index (χ1) is 9.75. The molecular weight excluding hydrogens is 242 g/mol. The summed E-state index contributed by atoms with van der Waals surface area (Å²) in [6, 6.07) is 8.64. The van der Waals surface area contributed by atoms with Crippen LogP contribution >= 0.6 is 0 Å². The average Bonchev–Trinajstić information content (AvgIpc) is 2.47. The molecule has 0 spiro atoms. The third kappa shape index (κ3) is 2.39. The van der Waals surface area contributed by atoms with Crippen LogP contribution in [0.25, 0.3) is 0 Å². The van der Waals surface area contributed by atoms with E-state index in [0.717, 1.165) is 18.4 Å². The topological polar surface area (TPSA) is 3.24 Å². The van der Waals surface area contributed by atoms with Crippen molar-refractivity contribution in [2.24, 2.45) is 0 Å². The number of nitrogens with zero attached hydrogens (tertiary/aromatic N) is 1. The summed E-state index contributed by atoms with van der Waals surface area (Å²) in [6.07, 6.45) is 15.0. The van der Waals surface area contributed by atoms with Gasteiger partial charge in [0.25, 0.3) is 0 Å². The van der Waals surface area contributed by atoms with Gasteiger partial charge in [0.2, 0.25) is 0 Å². The second-order valence-electron chi connectivity index (χ2n) is 5.24. The molecule has 0 saturated heterocycles. The summed E-state index contributed by atoms with van der Waals surface area (Å²) in [7, 11) is 0. The largest absolute Gasteiger partial charge is 0.317 e. The molecular formula is C19H19N. The normalized spacial score (nSPS) is 21.2. The van der Waals surface area contributed by atoms with E-state index in [4.69, 9.17) is 0 Å². The Morgan fingerprint density at radius 2 is 1.85 bits per heavy atom. The number of hydrogen-bond donors (Lipinski definition) is 0. The lowest BCUT2D eigenvalue weighted by atomic mass is 9.94. The van der Waals surface area contributed by atoms with E-state index in [-0.39, 0.29) is 0 Å². The van der Waals surface area contributed by atoms with Gasteiger partial charge in [-0.3, -0.25) is 0 Å². The summed E-state index contributed by atoms with van der Waals surface area (Å²) in [5.41, 5.74) is 6.17. The molecule has 1 aliphatic carbocycles. The fourth-order valence-corrected chi connectivity index (χ4v) is 2.62. The van der Waals surface area contributed by atoms with Crippen LogP contribution in [-0.2, 0) is 0 Å². The molecule has 0 bridgehead atoms. The Labute approximate surface area is 120 Å². The van der Waals surface area contributed by atoms with Gasteiger partial charge < -0.3 is 4.90 Å². The smallest absolute Gasteiger partial charge is 0.0490 e. The van der Waals surface area contributed by atoms with E-state index >= 15 is 0 Å². The molecule has 0 unspecified atom stereocenters. The third-order valence-corrected chi connectivity index (χ3v) is 3.75. The summed E-state index contributed by atoms with van der Waals surface area (Å²) in [5, 5.41) is 0. The van der Waals surface area contributed by atoms with Crippen LogP contribution in [0, 0.1) is 6.92 Å². The van der Waals surface area contributed by atoms with Gasteiger partial charge in [-0.2, -0.15) is 0 Å². The van der Waals surface area contributed by atoms with E-state index in [1.807, 2.05) is 0 Å². The van der Waals surface area contributed by atoms with E-state index in [1.165, 1.54) is 22.5 Å². The minimum atomic E-state index is 1.06. The minimum absolute atomic E-state index is 1.06. The van der Waals surface area contributed by atoms with Crippen LogP contribution in [0.1, 0.15) is 18.4 Å². The first kappa shape index (κ1) is 12.7. The van der Waals surface area contributed by atoms with Gasteiger partial charge in [0.15, 0.2) is 0 Å². The predicted octanol–water partition coefficient (Wildman–Crippen LogP) is 5.05. The van der Waals surface area contributed by atoms with Crippen molar-refractivity contribution < 1.29 is 0 Å². The first-order valence-electron chi connectivity index (χ1n) is 7.05. The molecule has 100 valence electrons. The molecule has 0 radical (unpaired) electrons. The Bertz CT molecular complexity index is 639. The number of anilines is 1. The van der Waals surface area contributed by atoms with Crippen LogP contribution in [0.3, 0.4) is 0 Å². The quantitative estimate of drug-likeness (QED) is 0.684. The highest BCUT2D eigenvalue weighted by atomic mass is 15.1. The molecule has 0 aromatic heterocycles. The van der Waals surface area contributed by atoms with Gasteiger partial charge in [-0.25, -0.2) is 0 Å². The van der Waals surface area contributed by atoms with Crippen LogP contribution in [0.4, 0.5) is 5.69 Å². The second kappa shape index (κ2) is 5.38. The maximum absolute atomic E-state index is 4.20. The maximum Gasteiger partial charge on any atom is 0.0490 e. The molecule has 3 rings (SSSR count). The fourth-order valence-electron chi connectivity index (χ4n) is 2.62. The summed E-state index contributed by atoms with van der Waals surface area (Å²) in [5.74, 6) is 0. The SMILES string of the molecule is C=C1/C=C\C=C/N(c2ccc(C)cc2)C2=C1CCC=C2. The van der Waals surface area contributed by atoms with Gasteiger partial charge in [0, 0.05) is 17.6 Å². The first-order valence-corrected chi connectivity index (χ1v) is 7.05. The highest BCUT2D eigenvalue weighted by Gasteiger charge is 2.17. The van der Waals surface area contributed by atoms with E-state index in [2.05, 4.69) is 79.2 Å². The van der Waals surface area contributed by atoms with Crippen LogP contribution in [0.5, 0.6) is 0 Å². The van der Waals surface area contributed by atoms with Crippen molar-refractivity contribution >= 4 is 5.69 Å². The number of aryl methyl sites for hydroxylation is 1. The molecule has 0 amide bonds. The standard InChI is InChI=1S/C19H19N/c1-15-10-12-17(13-11-15)20-14-6-5-7-16(2)18-8-3-4-9-19(18)20/h4-7,9-14H,2-3,8H2,1H3/b7-5-,14-6-. The van der Waals surface area contributed by atoms with Crippen LogP contribution in [0.15, 0.2) is 84.3 Å². The Hall–Kier alpha value is -2.28. The van der Waals surface area contributed by atoms with Crippen molar-refractivity contribution in [1.29, 1.82) is 0 Å². The lowest BCUT2D eigenvalue weighted by molar-refractivity contribution is 0.937. The van der Waals surface area contributed by atoms with Crippen LogP contribution in [-0.4, -0.2) is 0 Å². The molecule has 1 aliphatic heterocycles. The van der Waals surface area contributed by atoms with E-state index in [9.17, 15) is 0 Å². The summed E-state index contributed by atoms with van der Waals surface area (Å²) in [6.45, 7) is 6.32. The molecule has 0 atom stereocenters. The lowest BCUT2D eigenvalue weighted by Gasteiger charge is -2.28. The zero-order valence-corrected chi connectivity index (χ0v) is 11.8. The van der Waals surface area contributed by atoms with Crippen LogP contribution < -0.4 is 4.90 Å². The molecule has 1 aromatic carbocycles. The van der Waals surface area contributed by atoms with E-state index in [1.54, 1.807) is 0 Å². The van der Waals surface area contributed by atoms with Gasteiger partial charge in [-0.05, 0) is 55.2 Å². The fraction of sp³-hybridized carbons (Fsp3) is 0.158. The molecule has 1 nitrogen and oxygen atoms in total. The molecule has 0 saturated carbocycles. The van der Waals surface area contributed by atoms with Crippen molar-refractivity contribution in [3.8, 4) is 0 Å². The van der Waals surface area contributed by atoms with Gasteiger partial charge >= 0.3 is 0 Å². The summed E-state index contributed by atoms with van der Waals surface area (Å²) < 4.78 is 0. The Morgan fingerprint density at radius 1 is 1.05 bits per heavy atom. The van der Waals surface area contributed by atoms with Gasteiger partial charge in [-0.1, -0.05) is 42.5 Å². The highest BCUT2D eigenvalue weighted by Crippen LogP contribution is 2.32. The molecule has 0 fully saturated rings. The van der Waals surface area contributed by atoms with Crippen molar-refractivity contribution in [3.63, 3.8) is 0 Å². The van der Waals surface area contributed by atoms with Gasteiger partial charge in [-0.15, -0.1) is 0 Å². The number of rotatable bonds is 1. The molecule has 1 heteroatoms. The Balaban J connectivity index is 2.11. The minimum Gasteiger partial charge on any atom is -0.317 e. The molecule has 20 heavy (non-hydrogen) atoms. The third-order valence-electron chi connectivity index (χ3n) is 3.75. The molecule has 0 N–H and O–H groups in total. The van der Waals surface area contributed by atoms with E-state index < -0.39 is 0 Å². The van der Waals surface area contributed by atoms with Crippen molar-refractivity contribution in [2.75, 3.05) is 4.90 Å². The Kier molecular flexibility index (Phi) is 3.42. The average molecular weight is 261 g/mol. The monoisotopic (exact) mass is 261 g/mol. The van der Waals surface area contributed by atoms with E-state index in [0.29, 0.717) is 0 Å². The zero-order chi connectivity index (χ0) is 13.9. The molecule has 1 heterocycles. The van der Waals surface area contributed by atoms with Gasteiger partial charge in [0.05, 0.1) is 0 Å². The second-order valence-corrected chi connectivity index (χ2v) is 5.24. The number of allylic oxidation sites excluding steroid dienone is 7. The maximum atomic E-state index is 4.20.